The van der Waals surface area contributed by atoms with Crippen molar-refractivity contribution in [3.8, 4) is 5.75 Å². The number of aliphatic hydroxyl groups excluding tert-OH is 1. The Balaban J connectivity index is 2.12. The molecular weight excluding hydrogens is 357 g/mol. The minimum Gasteiger partial charge on any atom is -0.507 e. The van der Waals surface area contributed by atoms with E-state index in [1.165, 1.54) is 0 Å². The average molecular weight is 375 g/mol. The molecule has 4 nitrogen and oxygen atoms in total. The highest BCUT2D eigenvalue weighted by Gasteiger charge is 2.25. The molecule has 5 heteroatoms. The largest absolute Gasteiger partial charge is 0.507 e. The van der Waals surface area contributed by atoms with Gasteiger partial charge in [0.2, 0.25) is 0 Å². The number of rotatable bonds is 3. The molecule has 104 valence electrons. The summed E-state index contributed by atoms with van der Waals surface area (Å²) in [6, 6.07) is 5.05. The molecule has 1 saturated heterocycles. The summed E-state index contributed by atoms with van der Waals surface area (Å²) < 4.78 is 0.933. The number of benzene rings is 1. The molecule has 1 aromatic rings. The molecule has 0 aliphatic carbocycles. The van der Waals surface area contributed by atoms with Gasteiger partial charge in [-0.25, -0.2) is 0 Å². The zero-order valence-corrected chi connectivity index (χ0v) is 12.8. The highest BCUT2D eigenvalue weighted by atomic mass is 127. The van der Waals surface area contributed by atoms with E-state index in [0.717, 1.165) is 29.4 Å². The molecule has 1 amide bonds. The second kappa shape index (κ2) is 6.56. The fourth-order valence-electron chi connectivity index (χ4n) is 2.52. The summed E-state index contributed by atoms with van der Waals surface area (Å²) in [5, 5.41) is 18.8. The third kappa shape index (κ3) is 3.60. The van der Waals surface area contributed by atoms with Crippen LogP contribution >= 0.6 is 22.6 Å². The van der Waals surface area contributed by atoms with Crippen molar-refractivity contribution in [1.29, 1.82) is 0 Å². The molecule has 19 heavy (non-hydrogen) atoms. The predicted molar refractivity (Wildman–Crippen MR) is 81.2 cm³/mol. The normalized spacial score (nSPS) is 19.5. The Morgan fingerprint density at radius 2 is 2.26 bits per heavy atom. The number of aliphatic hydroxyl groups is 1. The number of phenolic OH excluding ortho intramolecular Hbond substituents is 1. The van der Waals surface area contributed by atoms with Gasteiger partial charge in [0.1, 0.15) is 5.75 Å². The van der Waals surface area contributed by atoms with Gasteiger partial charge in [-0.05, 0) is 66.0 Å². The summed E-state index contributed by atoms with van der Waals surface area (Å²) in [7, 11) is 0. The smallest absolute Gasteiger partial charge is 0.257 e. The Morgan fingerprint density at radius 1 is 1.47 bits per heavy atom. The lowest BCUT2D eigenvalue weighted by Gasteiger charge is -2.32. The number of amides is 1. The molecular formula is C14H18INO3. The molecule has 1 heterocycles. The number of hydrogen-bond acceptors (Lipinski definition) is 3. The zero-order valence-electron chi connectivity index (χ0n) is 10.7. The zero-order chi connectivity index (χ0) is 13.8. The van der Waals surface area contributed by atoms with Crippen LogP contribution < -0.4 is 0 Å². The van der Waals surface area contributed by atoms with Crippen LogP contribution in [0.4, 0.5) is 0 Å². The highest BCUT2D eigenvalue weighted by Crippen LogP contribution is 2.25. The van der Waals surface area contributed by atoms with E-state index in [9.17, 15) is 9.90 Å². The van der Waals surface area contributed by atoms with Crippen LogP contribution in [0.2, 0.25) is 0 Å². The third-order valence-corrected chi connectivity index (χ3v) is 4.20. The summed E-state index contributed by atoms with van der Waals surface area (Å²) in [6.45, 7) is 1.57. The lowest BCUT2D eigenvalue weighted by atomic mass is 9.94. The second-order valence-corrected chi connectivity index (χ2v) is 6.18. The van der Waals surface area contributed by atoms with Gasteiger partial charge in [-0.15, -0.1) is 0 Å². The van der Waals surface area contributed by atoms with Crippen LogP contribution in [0, 0.1) is 9.49 Å². The Morgan fingerprint density at radius 3 is 3.00 bits per heavy atom. The van der Waals surface area contributed by atoms with Crippen molar-refractivity contribution in [2.24, 2.45) is 5.92 Å². The standard InChI is InChI=1S/C14H18INO3/c15-11-3-4-13(18)12(8-11)14(19)16-6-1-2-10(9-16)5-7-17/h3-4,8,10,17-18H,1-2,5-7,9H2. The van der Waals surface area contributed by atoms with Gasteiger partial charge in [0.15, 0.2) is 0 Å². The van der Waals surface area contributed by atoms with Crippen LogP contribution in [0.3, 0.4) is 0 Å². The lowest BCUT2D eigenvalue weighted by Crippen LogP contribution is -2.40. The van der Waals surface area contributed by atoms with Crippen LogP contribution in [0.1, 0.15) is 29.6 Å². The first-order valence-corrected chi connectivity index (χ1v) is 7.58. The maximum absolute atomic E-state index is 12.4. The maximum Gasteiger partial charge on any atom is 0.257 e. The van der Waals surface area contributed by atoms with E-state index in [1.807, 2.05) is 0 Å². The minimum atomic E-state index is -0.112. The second-order valence-electron chi connectivity index (χ2n) is 4.93. The minimum absolute atomic E-state index is 0.0368. The Bertz CT molecular complexity index is 462. The number of halogens is 1. The third-order valence-electron chi connectivity index (χ3n) is 3.53. The summed E-state index contributed by atoms with van der Waals surface area (Å²) in [5.41, 5.74) is 0.372. The SMILES string of the molecule is O=C(c1cc(I)ccc1O)N1CCCC(CCO)C1. The van der Waals surface area contributed by atoms with Crippen LogP contribution in [-0.4, -0.2) is 40.7 Å². The van der Waals surface area contributed by atoms with E-state index in [4.69, 9.17) is 5.11 Å². The van der Waals surface area contributed by atoms with Crippen molar-refractivity contribution in [3.05, 3.63) is 27.3 Å². The molecule has 0 saturated carbocycles. The van der Waals surface area contributed by atoms with Crippen molar-refractivity contribution in [3.63, 3.8) is 0 Å². The van der Waals surface area contributed by atoms with E-state index in [-0.39, 0.29) is 18.3 Å². The lowest BCUT2D eigenvalue weighted by molar-refractivity contribution is 0.0650. The summed E-state index contributed by atoms with van der Waals surface area (Å²) in [4.78, 5) is 14.2. The number of phenols is 1. The molecule has 1 fully saturated rings. The van der Waals surface area contributed by atoms with Gasteiger partial charge >= 0.3 is 0 Å². The molecule has 0 radical (unpaired) electrons. The number of carbonyl (C=O) groups is 1. The first-order valence-electron chi connectivity index (χ1n) is 6.50. The summed E-state index contributed by atoms with van der Waals surface area (Å²) in [6.07, 6.45) is 2.76. The van der Waals surface area contributed by atoms with Gasteiger partial charge in [-0.2, -0.15) is 0 Å². The molecule has 1 aliphatic rings. The molecule has 1 aromatic carbocycles. The van der Waals surface area contributed by atoms with E-state index < -0.39 is 0 Å². The average Bonchev–Trinajstić information content (AvgIpc) is 2.41. The van der Waals surface area contributed by atoms with Crippen molar-refractivity contribution < 1.29 is 15.0 Å². The van der Waals surface area contributed by atoms with Gasteiger partial charge in [-0.1, -0.05) is 0 Å². The van der Waals surface area contributed by atoms with E-state index in [1.54, 1.807) is 23.1 Å². The molecule has 1 aliphatic heterocycles. The molecule has 1 atom stereocenters. The molecule has 1 unspecified atom stereocenters. The fourth-order valence-corrected chi connectivity index (χ4v) is 3.01. The summed E-state index contributed by atoms with van der Waals surface area (Å²) >= 11 is 2.13. The van der Waals surface area contributed by atoms with Crippen LogP contribution in [-0.2, 0) is 0 Å². The Labute approximate surface area is 126 Å². The van der Waals surface area contributed by atoms with Crippen LogP contribution in [0.5, 0.6) is 5.75 Å². The molecule has 0 bridgehead atoms. The van der Waals surface area contributed by atoms with Crippen molar-refractivity contribution >= 4 is 28.5 Å². The predicted octanol–water partition coefficient (Wildman–Crippen LogP) is 2.23. The van der Waals surface area contributed by atoms with Crippen LogP contribution in [0.25, 0.3) is 0 Å². The first kappa shape index (κ1) is 14.6. The molecule has 2 rings (SSSR count). The van der Waals surface area contributed by atoms with E-state index >= 15 is 0 Å². The van der Waals surface area contributed by atoms with E-state index in [0.29, 0.717) is 18.0 Å². The van der Waals surface area contributed by atoms with Gasteiger partial charge in [0, 0.05) is 23.3 Å². The monoisotopic (exact) mass is 375 g/mol. The number of piperidine rings is 1. The van der Waals surface area contributed by atoms with Crippen molar-refractivity contribution in [2.45, 2.75) is 19.3 Å². The molecule has 0 aromatic heterocycles. The maximum atomic E-state index is 12.4. The van der Waals surface area contributed by atoms with E-state index in [2.05, 4.69) is 22.6 Å². The van der Waals surface area contributed by atoms with Gasteiger partial charge in [0.05, 0.1) is 5.56 Å². The first-order chi connectivity index (χ1) is 9.11. The number of carbonyl (C=O) groups excluding carboxylic acids is 1. The van der Waals surface area contributed by atoms with Crippen molar-refractivity contribution in [2.75, 3.05) is 19.7 Å². The highest BCUT2D eigenvalue weighted by molar-refractivity contribution is 14.1. The number of aromatic hydroxyl groups is 1. The van der Waals surface area contributed by atoms with Gasteiger partial charge < -0.3 is 15.1 Å². The topological polar surface area (TPSA) is 60.8 Å². The Kier molecular flexibility index (Phi) is 5.04. The quantitative estimate of drug-likeness (QED) is 0.797. The van der Waals surface area contributed by atoms with Gasteiger partial charge in [0.25, 0.3) is 5.91 Å². The van der Waals surface area contributed by atoms with Crippen LogP contribution in [0.15, 0.2) is 18.2 Å². The molecule has 2 N–H and O–H groups in total. The number of likely N-dealkylation sites (tertiary alicyclic amines) is 1. The number of nitrogens with zero attached hydrogens (tertiary/aromatic N) is 1. The fraction of sp³-hybridized carbons (Fsp3) is 0.500. The van der Waals surface area contributed by atoms with Gasteiger partial charge in [-0.3, -0.25) is 4.79 Å². The summed E-state index contributed by atoms with van der Waals surface area (Å²) in [5.74, 6) is 0.293. The van der Waals surface area contributed by atoms with Crippen molar-refractivity contribution in [1.82, 2.24) is 4.90 Å². The number of hydrogen-bond donors (Lipinski definition) is 2. The Hall–Kier alpha value is -0.820. The molecule has 0 spiro atoms.